The molecule has 0 saturated heterocycles. The molecule has 1 aromatic carbocycles. The molecule has 1 heterocycles. The van der Waals surface area contributed by atoms with Crippen molar-refractivity contribution >= 4 is 17.6 Å². The van der Waals surface area contributed by atoms with E-state index in [0.29, 0.717) is 5.75 Å². The van der Waals surface area contributed by atoms with Crippen LogP contribution in [0.15, 0.2) is 29.3 Å². The molecule has 6 heteroatoms. The summed E-state index contributed by atoms with van der Waals surface area (Å²) in [7, 11) is 1.35. The van der Waals surface area contributed by atoms with Crippen LogP contribution in [0.5, 0.6) is 5.75 Å². The average molecular weight is 328 g/mol. The van der Waals surface area contributed by atoms with Crippen molar-refractivity contribution in [3.05, 3.63) is 29.8 Å². The summed E-state index contributed by atoms with van der Waals surface area (Å²) in [5, 5.41) is 3.66. The Hall–Kier alpha value is -2.37. The van der Waals surface area contributed by atoms with Crippen LogP contribution in [0.3, 0.4) is 0 Å². The molecule has 0 aromatic heterocycles. The van der Waals surface area contributed by atoms with Gasteiger partial charge in [-0.05, 0) is 49.8 Å². The Bertz CT molecular complexity index is 1090. The maximum Gasteiger partial charge on any atom is 0.323 e. The van der Waals surface area contributed by atoms with Crippen LogP contribution < -0.4 is 4.74 Å². The molecule has 1 aliphatic carbocycles. The van der Waals surface area contributed by atoms with Crippen molar-refractivity contribution in [2.45, 2.75) is 37.6 Å². The third kappa shape index (κ3) is 2.81. The lowest BCUT2D eigenvalue weighted by Gasteiger charge is -2.38. The van der Waals surface area contributed by atoms with Crippen LogP contribution in [-0.4, -0.2) is 46.9 Å². The minimum atomic E-state index is -3.81. The molecule has 2 atom stereocenters. The Balaban J connectivity index is 2.44. The number of hydrogen-bond acceptors (Lipinski definition) is 5. The van der Waals surface area contributed by atoms with Crippen molar-refractivity contribution in [1.29, 1.82) is 1.43 Å². The lowest BCUT2D eigenvalue weighted by Crippen LogP contribution is -2.50. The van der Waals surface area contributed by atoms with Crippen LogP contribution >= 0.6 is 0 Å². The van der Waals surface area contributed by atoms with E-state index in [4.69, 9.17) is 21.2 Å². The van der Waals surface area contributed by atoms with E-state index < -0.39 is 61.6 Å². The normalized spacial score (nSPS) is 44.0. The number of nitrogens with zero attached hydrogens (tertiary/aromatic N) is 2. The lowest BCUT2D eigenvalue weighted by molar-refractivity contribution is -0.145. The minimum Gasteiger partial charge on any atom is -0.497 e. The number of carbonyl (C=O) groups excluding carboxylic acids is 1. The third-order valence-electron chi connectivity index (χ3n) is 3.25. The molecule has 0 bridgehead atoms. The molecule has 0 radical (unpaired) electrons. The van der Waals surface area contributed by atoms with Gasteiger partial charge in [0.15, 0.2) is 0 Å². The predicted molar refractivity (Wildman–Crippen MR) is 84.7 cm³/mol. The van der Waals surface area contributed by atoms with E-state index in [2.05, 4.69) is 10.1 Å². The van der Waals surface area contributed by atoms with Gasteiger partial charge < -0.3 is 14.7 Å². The molecular formula is C17H20N2O4. The molecular weight excluding hydrogens is 296 g/mol. The highest BCUT2D eigenvalue weighted by Gasteiger charge is 2.48. The maximum absolute atomic E-state index is 13.5. The molecule has 2 unspecified atom stereocenters. The highest BCUT2D eigenvalue weighted by atomic mass is 16.5. The summed E-state index contributed by atoms with van der Waals surface area (Å²) in [4.78, 5) is 29.3. The topological polar surface area (TPSA) is 79.2 Å². The number of benzene rings is 1. The number of carboxylic acid groups (broad SMARTS) is 1. The molecule has 3 rings (SSSR count). The number of amides is 1. The molecule has 1 spiro atoms. The number of rotatable bonds is 4. The molecule has 1 aliphatic heterocycles. The van der Waals surface area contributed by atoms with Gasteiger partial charge in [0.1, 0.15) is 23.6 Å². The quantitative estimate of drug-likeness (QED) is 0.917. The zero-order chi connectivity index (χ0) is 27.0. The number of carboxylic acids is 1. The van der Waals surface area contributed by atoms with Crippen LogP contribution in [0.1, 0.15) is 52.5 Å². The molecule has 1 N–H and O–H groups in total. The number of ether oxygens (including phenoxy) is 1. The molecule has 23 heavy (non-hydrogen) atoms. The number of methoxy groups -OCH3 is 1. The number of aliphatic imine (C=N–C) groups is 1. The monoisotopic (exact) mass is 328 g/mol. The van der Waals surface area contributed by atoms with Crippen LogP contribution in [0.25, 0.3) is 1.43 Å². The molecule has 2 aliphatic rings. The predicted octanol–water partition coefficient (Wildman–Crippen LogP) is 2.07. The van der Waals surface area contributed by atoms with Crippen molar-refractivity contribution in [1.82, 2.24) is 4.90 Å². The molecule has 1 fully saturated rings. The molecule has 1 aromatic rings. The van der Waals surface area contributed by atoms with Crippen molar-refractivity contribution in [3.63, 3.8) is 0 Å². The lowest BCUT2D eigenvalue weighted by atomic mass is 9.88. The minimum absolute atomic E-state index is 0.0922. The van der Waals surface area contributed by atoms with Crippen molar-refractivity contribution in [2.75, 3.05) is 13.6 Å². The van der Waals surface area contributed by atoms with Crippen molar-refractivity contribution in [2.24, 2.45) is 4.99 Å². The van der Waals surface area contributed by atoms with Gasteiger partial charge in [0.2, 0.25) is 0 Å². The summed E-state index contributed by atoms with van der Waals surface area (Å²) in [5.74, 6) is -3.25. The Labute approximate surface area is 151 Å². The van der Waals surface area contributed by atoms with Gasteiger partial charge in [0.25, 0.3) is 7.34 Å². The van der Waals surface area contributed by atoms with Gasteiger partial charge in [0, 0.05) is 17.9 Å². The summed E-state index contributed by atoms with van der Waals surface area (Å²) in [6.45, 7) is -3.74. The molecule has 122 valence electrons. The van der Waals surface area contributed by atoms with Gasteiger partial charge in [-0.25, -0.2) is 0 Å². The first-order valence-corrected chi connectivity index (χ1v) is 6.49. The fourth-order valence-corrected chi connectivity index (χ4v) is 2.21. The maximum atomic E-state index is 13.5. The highest BCUT2D eigenvalue weighted by Crippen LogP contribution is 2.39. The summed E-state index contributed by atoms with van der Waals surface area (Å²) in [6, 6.07) is 5.23. The van der Waals surface area contributed by atoms with Gasteiger partial charge in [-0.15, -0.1) is 0 Å². The summed E-state index contributed by atoms with van der Waals surface area (Å²) >= 11 is 0. The average Bonchev–Trinajstić information content (AvgIpc) is 3.11. The molecule has 1 saturated carbocycles. The van der Waals surface area contributed by atoms with E-state index >= 15 is 0 Å². The van der Waals surface area contributed by atoms with Crippen LogP contribution in [0.2, 0.25) is 0 Å². The third-order valence-corrected chi connectivity index (χ3v) is 3.25. The van der Waals surface area contributed by atoms with E-state index in [0.717, 1.165) is 0 Å². The first-order chi connectivity index (χ1) is 15.8. The summed E-state index contributed by atoms with van der Waals surface area (Å²) in [5.41, 5.74) is -4.27. The zero-order valence-corrected chi connectivity index (χ0v) is 11.9. The van der Waals surface area contributed by atoms with Gasteiger partial charge in [-0.3, -0.25) is 14.6 Å². The van der Waals surface area contributed by atoms with E-state index in [1.54, 1.807) is 0 Å². The van der Waals surface area contributed by atoms with Crippen LogP contribution in [-0.2, 0) is 9.59 Å². The van der Waals surface area contributed by atoms with E-state index in [-0.39, 0.29) is 10.5 Å². The van der Waals surface area contributed by atoms with Crippen molar-refractivity contribution in [3.8, 4) is 5.75 Å². The fourth-order valence-electron chi connectivity index (χ4n) is 2.21. The first-order valence-electron chi connectivity index (χ1n) is 12.5. The van der Waals surface area contributed by atoms with E-state index in [9.17, 15) is 9.59 Å². The van der Waals surface area contributed by atoms with Gasteiger partial charge in [-0.1, -0.05) is 6.37 Å². The second-order valence-electron chi connectivity index (χ2n) is 4.62. The summed E-state index contributed by atoms with van der Waals surface area (Å²) < 4.78 is 102. The number of hydrogen-bond donors (Lipinski definition) is 1. The largest absolute Gasteiger partial charge is 0.497 e. The molecule has 1 amide bonds. The summed E-state index contributed by atoms with van der Waals surface area (Å²) in [6.07, 6.45) is -17.6. The van der Waals surface area contributed by atoms with E-state index in [1.165, 1.54) is 31.4 Å². The second kappa shape index (κ2) is 6.02. The Kier molecular flexibility index (Phi) is 1.74. The van der Waals surface area contributed by atoms with Crippen LogP contribution in [0, 0.1) is 0 Å². The van der Waals surface area contributed by atoms with Crippen LogP contribution in [0.4, 0.5) is 0 Å². The standard InChI is InChI=1S/C17H20N2O4/c1-23-13-7-5-12(6-8-13)15-16(22)19(11-14(20)21)17(18-15)9-3-2-4-10-17/h5-8H,2-4,9-11H2,1H3,(H,20,21)/i2D2,3D2,4D2,9D,10D2,11D2/hD. The zero-order valence-electron chi connectivity index (χ0n) is 23.9. The first kappa shape index (κ1) is 6.63. The number of carbonyl (C=O) groups is 2. The highest BCUT2D eigenvalue weighted by molar-refractivity contribution is 6.47. The second-order valence-corrected chi connectivity index (χ2v) is 4.62. The smallest absolute Gasteiger partial charge is 0.323 e. The van der Waals surface area contributed by atoms with Crippen molar-refractivity contribution < 1.29 is 34.5 Å². The van der Waals surface area contributed by atoms with Gasteiger partial charge >= 0.3 is 5.97 Å². The van der Waals surface area contributed by atoms with E-state index in [1.807, 2.05) is 0 Å². The Morgan fingerprint density at radius 1 is 1.48 bits per heavy atom. The Morgan fingerprint density at radius 2 is 2.26 bits per heavy atom. The molecule has 6 nitrogen and oxygen atoms in total. The SMILES string of the molecule is [2H]OC(=O)C([2H])([2H])N1C(=O)C(c2ccc(OC)cc2)=NC12C([2H])C([2H])([2H])C([2H])([2H])C([2H])([2H])C2([2H])[2H]. The van der Waals surface area contributed by atoms with Gasteiger partial charge in [-0.2, -0.15) is 0 Å². The number of aliphatic carboxylic acids is 1. The fraction of sp³-hybridized carbons (Fsp3) is 0.471. The van der Waals surface area contributed by atoms with Gasteiger partial charge in [0.05, 0.1) is 9.85 Å². The Morgan fingerprint density at radius 3 is 2.96 bits per heavy atom.